The van der Waals surface area contributed by atoms with Crippen molar-refractivity contribution < 1.29 is 14.4 Å². The number of carbonyl (C=O) groups excluding carboxylic acids is 3. The lowest BCUT2D eigenvalue weighted by Gasteiger charge is -2.33. The Bertz CT molecular complexity index is 1400. The summed E-state index contributed by atoms with van der Waals surface area (Å²) >= 11 is 0. The van der Waals surface area contributed by atoms with E-state index >= 15 is 0 Å². The van der Waals surface area contributed by atoms with Gasteiger partial charge in [-0.15, -0.1) is 0 Å². The third-order valence-electron chi connectivity index (χ3n) is 7.20. The van der Waals surface area contributed by atoms with Crippen LogP contribution in [0.25, 0.3) is 0 Å². The van der Waals surface area contributed by atoms with Gasteiger partial charge in [0.25, 0.3) is 0 Å². The van der Waals surface area contributed by atoms with Crippen molar-refractivity contribution in [2.24, 2.45) is 16.9 Å². The molecule has 1 N–H and O–H groups in total. The quantitative estimate of drug-likeness (QED) is 0.598. The Morgan fingerprint density at radius 1 is 0.886 bits per heavy atom. The van der Waals surface area contributed by atoms with Gasteiger partial charge in [0.15, 0.2) is 0 Å². The van der Waals surface area contributed by atoms with Gasteiger partial charge in [-0.2, -0.15) is 5.10 Å². The number of fused-ring (bicyclic) bond motifs is 5. The number of carbonyl (C=O) groups is 3. The van der Waals surface area contributed by atoms with Gasteiger partial charge in [-0.25, -0.2) is 4.90 Å². The second kappa shape index (κ2) is 7.91. The Morgan fingerprint density at radius 3 is 2.37 bits per heavy atom. The van der Waals surface area contributed by atoms with Crippen molar-refractivity contribution in [2.45, 2.75) is 25.9 Å². The first kappa shape index (κ1) is 21.3. The molecule has 4 atom stereocenters. The van der Waals surface area contributed by atoms with Gasteiger partial charge in [-0.1, -0.05) is 60.2 Å². The summed E-state index contributed by atoms with van der Waals surface area (Å²) in [5.41, 5.74) is 4.88. The van der Waals surface area contributed by atoms with Crippen molar-refractivity contribution in [1.29, 1.82) is 0 Å². The van der Waals surface area contributed by atoms with E-state index in [0.717, 1.165) is 22.3 Å². The second-order valence-electron chi connectivity index (χ2n) is 9.35. The number of hydrogen-bond donors (Lipinski definition) is 1. The fraction of sp³-hybridized carbons (Fsp3) is 0.214. The normalized spacial score (nSPS) is 24.3. The highest BCUT2D eigenvalue weighted by molar-refractivity contribution is 6.24. The fourth-order valence-electron chi connectivity index (χ4n) is 5.70. The maximum atomic E-state index is 13.9. The van der Waals surface area contributed by atoms with Crippen molar-refractivity contribution >= 4 is 35.3 Å². The summed E-state index contributed by atoms with van der Waals surface area (Å²) in [6.07, 6.45) is 1.70. The highest BCUT2D eigenvalue weighted by Gasteiger charge is 2.65. The van der Waals surface area contributed by atoms with E-state index in [1.807, 2.05) is 74.5 Å². The van der Waals surface area contributed by atoms with E-state index in [1.165, 1.54) is 4.90 Å². The molecule has 0 spiro atoms. The molecular weight excluding hydrogens is 440 g/mol. The highest BCUT2D eigenvalue weighted by Crippen LogP contribution is 2.52. The minimum absolute atomic E-state index is 0.288. The van der Waals surface area contributed by atoms with Crippen molar-refractivity contribution in [3.05, 3.63) is 95.1 Å². The van der Waals surface area contributed by atoms with Gasteiger partial charge in [0.05, 0.1) is 29.8 Å². The summed E-state index contributed by atoms with van der Waals surface area (Å²) < 4.78 is 0. The van der Waals surface area contributed by atoms with E-state index < -0.39 is 23.9 Å². The summed E-state index contributed by atoms with van der Waals surface area (Å²) in [6.45, 7) is 3.86. The molecule has 3 aliphatic rings. The number of hydrazone groups is 1. The van der Waals surface area contributed by atoms with E-state index in [0.29, 0.717) is 11.4 Å². The lowest BCUT2D eigenvalue weighted by Crippen LogP contribution is -2.46. The van der Waals surface area contributed by atoms with Crippen LogP contribution in [0.2, 0.25) is 0 Å². The van der Waals surface area contributed by atoms with Crippen LogP contribution >= 0.6 is 0 Å². The summed E-state index contributed by atoms with van der Waals surface area (Å²) in [5, 5.41) is 9.16. The minimum atomic E-state index is -0.915. The molecule has 0 aromatic heterocycles. The summed E-state index contributed by atoms with van der Waals surface area (Å²) in [6, 6.07) is 21.1. The summed E-state index contributed by atoms with van der Waals surface area (Å²) in [5.74, 6) is -2.56. The van der Waals surface area contributed by atoms with E-state index in [-0.39, 0.29) is 17.7 Å². The molecule has 3 heterocycles. The number of rotatable bonds is 3. The van der Waals surface area contributed by atoms with Crippen LogP contribution in [-0.4, -0.2) is 35.0 Å². The number of anilines is 2. The predicted molar refractivity (Wildman–Crippen MR) is 133 cm³/mol. The number of nitrogens with zero attached hydrogens (tertiary/aromatic N) is 3. The van der Waals surface area contributed by atoms with Crippen LogP contribution in [0, 0.1) is 25.7 Å². The molecule has 0 saturated carbocycles. The van der Waals surface area contributed by atoms with Crippen LogP contribution in [0.3, 0.4) is 0 Å². The van der Waals surface area contributed by atoms with E-state index in [9.17, 15) is 14.4 Å². The molecule has 0 radical (unpaired) electrons. The number of amides is 3. The number of benzene rings is 3. The molecular formula is C28H24N4O3. The molecule has 7 nitrogen and oxygen atoms in total. The van der Waals surface area contributed by atoms with Gasteiger partial charge in [0.2, 0.25) is 17.7 Å². The number of imide groups is 1. The van der Waals surface area contributed by atoms with Crippen LogP contribution in [-0.2, 0) is 14.4 Å². The van der Waals surface area contributed by atoms with Crippen LogP contribution in [0.15, 0.2) is 77.9 Å². The average molecular weight is 465 g/mol. The van der Waals surface area contributed by atoms with Gasteiger partial charge in [-0.3, -0.25) is 19.4 Å². The molecule has 0 bridgehead atoms. The monoisotopic (exact) mass is 464 g/mol. The third-order valence-corrected chi connectivity index (χ3v) is 7.20. The first-order valence-electron chi connectivity index (χ1n) is 11.7. The maximum absolute atomic E-state index is 13.9. The van der Waals surface area contributed by atoms with Gasteiger partial charge < -0.3 is 5.32 Å². The molecule has 0 unspecified atom stereocenters. The van der Waals surface area contributed by atoms with Crippen molar-refractivity contribution in [3.63, 3.8) is 0 Å². The van der Waals surface area contributed by atoms with E-state index in [1.54, 1.807) is 23.4 Å². The molecule has 3 aliphatic heterocycles. The molecule has 7 heteroatoms. The topological polar surface area (TPSA) is 82.1 Å². The average Bonchev–Trinajstić information content (AvgIpc) is 3.33. The Labute approximate surface area is 203 Å². The molecule has 2 fully saturated rings. The van der Waals surface area contributed by atoms with Gasteiger partial charge >= 0.3 is 0 Å². The molecule has 0 aliphatic carbocycles. The van der Waals surface area contributed by atoms with E-state index in [2.05, 4.69) is 10.4 Å². The van der Waals surface area contributed by atoms with Gasteiger partial charge in [0.1, 0.15) is 6.04 Å². The van der Waals surface area contributed by atoms with Crippen molar-refractivity contribution in [3.8, 4) is 0 Å². The second-order valence-corrected chi connectivity index (χ2v) is 9.35. The highest BCUT2D eigenvalue weighted by atomic mass is 16.2. The number of para-hydroxylation sites is 1. The SMILES string of the molecule is Cc1ccc(N2C(=O)[C@@H]3[C@H](C2=O)[C@H](C(=O)Nc2ccccc2)N2N=Cc4ccccc4[C@@H]32)c(C)c1. The number of nitrogens with one attached hydrogen (secondary N) is 1. The summed E-state index contributed by atoms with van der Waals surface area (Å²) in [7, 11) is 0. The van der Waals surface area contributed by atoms with Crippen molar-refractivity contribution in [1.82, 2.24) is 5.01 Å². The van der Waals surface area contributed by atoms with Crippen molar-refractivity contribution in [2.75, 3.05) is 10.2 Å². The van der Waals surface area contributed by atoms with Crippen LogP contribution in [0.1, 0.15) is 28.3 Å². The van der Waals surface area contributed by atoms with Gasteiger partial charge in [0, 0.05) is 5.69 Å². The molecule has 3 amide bonds. The standard InChI is InChI=1S/C28H24N4O3/c1-16-12-13-21(17(2)14-16)31-27(34)22-23(28(31)35)25(26(33)30-19-9-4-3-5-10-19)32-24(22)20-11-7-6-8-18(20)15-29-32/h3-15,22-25H,1-2H3,(H,30,33)/t22-,23+,24+,25-/m1/s1. The molecule has 3 aromatic carbocycles. The van der Waals surface area contributed by atoms with Crippen LogP contribution in [0.4, 0.5) is 11.4 Å². The first-order chi connectivity index (χ1) is 17.0. The zero-order valence-corrected chi connectivity index (χ0v) is 19.4. The molecule has 3 aromatic rings. The third kappa shape index (κ3) is 3.19. The molecule has 2 saturated heterocycles. The van der Waals surface area contributed by atoms with E-state index in [4.69, 9.17) is 0 Å². The molecule has 6 rings (SSSR count). The molecule has 174 valence electrons. The predicted octanol–water partition coefficient (Wildman–Crippen LogP) is 3.82. The lowest BCUT2D eigenvalue weighted by atomic mass is 9.85. The zero-order chi connectivity index (χ0) is 24.3. The lowest BCUT2D eigenvalue weighted by molar-refractivity contribution is -0.129. The summed E-state index contributed by atoms with van der Waals surface area (Å²) in [4.78, 5) is 42.7. The molecule has 35 heavy (non-hydrogen) atoms. The number of hydrogen-bond acceptors (Lipinski definition) is 5. The largest absolute Gasteiger partial charge is 0.324 e. The van der Waals surface area contributed by atoms with Crippen LogP contribution < -0.4 is 10.2 Å². The van der Waals surface area contributed by atoms with Crippen LogP contribution in [0.5, 0.6) is 0 Å². The van der Waals surface area contributed by atoms with Gasteiger partial charge in [-0.05, 0) is 48.7 Å². The zero-order valence-electron chi connectivity index (χ0n) is 19.4. The fourth-order valence-corrected chi connectivity index (χ4v) is 5.70. The Kier molecular flexibility index (Phi) is 4.81. The smallest absolute Gasteiger partial charge is 0.249 e. The Hall–Kier alpha value is -4.26. The first-order valence-corrected chi connectivity index (χ1v) is 11.7. The minimum Gasteiger partial charge on any atom is -0.324 e. The number of aryl methyl sites for hydroxylation is 2. The Morgan fingerprint density at radius 2 is 1.60 bits per heavy atom. The maximum Gasteiger partial charge on any atom is 0.249 e. The Balaban J connectivity index is 1.46.